The SMILES string of the molecule is FC(F)(F)c1nc(-c2nc3ncc(CC4CCCC4)cn3c2-c2cnc[nH]2)n[nH]1.O=C(O)C(F)(F)F. The molecule has 1 fully saturated rings. The summed E-state index contributed by atoms with van der Waals surface area (Å²) in [6.07, 6.45) is 2.91. The Labute approximate surface area is 197 Å². The molecule has 0 aliphatic heterocycles. The molecule has 36 heavy (non-hydrogen) atoms. The first-order valence-corrected chi connectivity index (χ1v) is 10.6. The maximum atomic E-state index is 13.0. The number of nitrogens with zero attached hydrogens (tertiary/aromatic N) is 6. The van der Waals surface area contributed by atoms with Crippen molar-refractivity contribution in [1.29, 1.82) is 0 Å². The van der Waals surface area contributed by atoms with Crippen molar-refractivity contribution < 1.29 is 36.2 Å². The largest absolute Gasteiger partial charge is 0.490 e. The van der Waals surface area contributed by atoms with Gasteiger partial charge in [0.25, 0.3) is 0 Å². The quantitative estimate of drug-likeness (QED) is 0.344. The van der Waals surface area contributed by atoms with Crippen molar-refractivity contribution in [2.75, 3.05) is 0 Å². The fraction of sp³-hybridized carbons (Fsp3) is 0.400. The van der Waals surface area contributed by atoms with Crippen LogP contribution in [0.5, 0.6) is 0 Å². The molecule has 1 aliphatic rings. The van der Waals surface area contributed by atoms with Crippen LogP contribution in [0.3, 0.4) is 0 Å². The number of imidazole rings is 2. The lowest BCUT2D eigenvalue weighted by Gasteiger charge is -2.09. The molecule has 16 heteroatoms. The molecule has 4 aromatic rings. The summed E-state index contributed by atoms with van der Waals surface area (Å²) in [5, 5.41) is 12.8. The molecule has 0 spiro atoms. The average molecular weight is 516 g/mol. The number of carboxylic acids is 1. The van der Waals surface area contributed by atoms with Gasteiger partial charge < -0.3 is 10.1 Å². The third-order valence-corrected chi connectivity index (χ3v) is 5.49. The number of carboxylic acid groups (broad SMARTS) is 1. The number of hydrogen-bond donors (Lipinski definition) is 3. The van der Waals surface area contributed by atoms with E-state index in [0.29, 0.717) is 23.1 Å². The van der Waals surface area contributed by atoms with E-state index in [-0.39, 0.29) is 11.5 Å². The Hall–Kier alpha value is -3.98. The highest BCUT2D eigenvalue weighted by Gasteiger charge is 2.38. The van der Waals surface area contributed by atoms with Crippen LogP contribution in [0, 0.1) is 5.92 Å². The summed E-state index contributed by atoms with van der Waals surface area (Å²) in [5.74, 6) is -3.08. The van der Waals surface area contributed by atoms with Gasteiger partial charge >= 0.3 is 18.3 Å². The highest BCUT2D eigenvalue weighted by atomic mass is 19.4. The molecule has 0 bridgehead atoms. The van der Waals surface area contributed by atoms with Gasteiger partial charge in [-0.2, -0.15) is 31.4 Å². The molecule has 5 rings (SSSR count). The van der Waals surface area contributed by atoms with Crippen molar-refractivity contribution >= 4 is 11.7 Å². The van der Waals surface area contributed by atoms with Crippen LogP contribution >= 0.6 is 0 Å². The van der Waals surface area contributed by atoms with Crippen molar-refractivity contribution in [2.24, 2.45) is 5.92 Å². The van der Waals surface area contributed by atoms with Crippen molar-refractivity contribution in [3.63, 3.8) is 0 Å². The lowest BCUT2D eigenvalue weighted by molar-refractivity contribution is -0.192. The number of aromatic nitrogens is 8. The van der Waals surface area contributed by atoms with Gasteiger partial charge in [-0.3, -0.25) is 9.50 Å². The number of aromatic amines is 2. The Bertz CT molecular complexity index is 1340. The Morgan fingerprint density at radius 2 is 1.81 bits per heavy atom. The summed E-state index contributed by atoms with van der Waals surface area (Å²) >= 11 is 0. The number of nitrogens with one attached hydrogen (secondary N) is 2. The average Bonchev–Trinajstić information content (AvgIpc) is 3.58. The highest BCUT2D eigenvalue weighted by molar-refractivity contribution is 5.76. The highest BCUT2D eigenvalue weighted by Crippen LogP contribution is 2.33. The summed E-state index contributed by atoms with van der Waals surface area (Å²) in [7, 11) is 0. The van der Waals surface area contributed by atoms with Gasteiger partial charge in [0, 0.05) is 12.4 Å². The van der Waals surface area contributed by atoms with E-state index in [1.807, 2.05) is 11.3 Å². The van der Waals surface area contributed by atoms with Crippen LogP contribution in [0.1, 0.15) is 37.1 Å². The van der Waals surface area contributed by atoms with Gasteiger partial charge in [0.05, 0.1) is 18.2 Å². The number of rotatable bonds is 4. The van der Waals surface area contributed by atoms with Gasteiger partial charge in [-0.15, -0.1) is 0 Å². The molecule has 0 saturated heterocycles. The predicted molar refractivity (Wildman–Crippen MR) is 110 cm³/mol. The Morgan fingerprint density at radius 3 is 2.36 bits per heavy atom. The van der Waals surface area contributed by atoms with E-state index in [9.17, 15) is 26.3 Å². The molecule has 0 radical (unpaired) electrons. The number of H-pyrrole nitrogens is 2. The molecule has 0 atom stereocenters. The smallest absolute Gasteiger partial charge is 0.475 e. The number of fused-ring (bicyclic) bond motifs is 1. The molecule has 0 unspecified atom stereocenters. The van der Waals surface area contributed by atoms with E-state index in [1.54, 1.807) is 16.8 Å². The predicted octanol–water partition coefficient (Wildman–Crippen LogP) is 4.29. The molecule has 0 aromatic carbocycles. The van der Waals surface area contributed by atoms with E-state index in [4.69, 9.17) is 9.90 Å². The fourth-order valence-corrected chi connectivity index (χ4v) is 3.92. The molecule has 1 saturated carbocycles. The van der Waals surface area contributed by atoms with Crippen LogP contribution < -0.4 is 0 Å². The first-order valence-electron chi connectivity index (χ1n) is 10.6. The topological polar surface area (TPSA) is 138 Å². The molecule has 192 valence electrons. The van der Waals surface area contributed by atoms with Gasteiger partial charge in [0.2, 0.25) is 17.4 Å². The normalized spacial score (nSPS) is 14.7. The second-order valence-electron chi connectivity index (χ2n) is 8.07. The van der Waals surface area contributed by atoms with E-state index in [1.165, 1.54) is 32.0 Å². The molecule has 10 nitrogen and oxygen atoms in total. The van der Waals surface area contributed by atoms with Gasteiger partial charge in [-0.25, -0.2) is 24.7 Å². The van der Waals surface area contributed by atoms with Crippen LogP contribution in [0.4, 0.5) is 26.3 Å². The van der Waals surface area contributed by atoms with Gasteiger partial charge in [-0.05, 0) is 17.9 Å². The first kappa shape index (κ1) is 25.1. The minimum Gasteiger partial charge on any atom is -0.475 e. The van der Waals surface area contributed by atoms with Crippen LogP contribution in [0.15, 0.2) is 24.9 Å². The van der Waals surface area contributed by atoms with Crippen molar-refractivity contribution in [3.05, 3.63) is 36.3 Å². The zero-order chi connectivity index (χ0) is 26.1. The lowest BCUT2D eigenvalue weighted by Crippen LogP contribution is -2.21. The number of carbonyl (C=O) groups is 1. The molecule has 3 N–H and O–H groups in total. The van der Waals surface area contributed by atoms with E-state index >= 15 is 0 Å². The van der Waals surface area contributed by atoms with Crippen LogP contribution in [-0.4, -0.2) is 56.8 Å². The van der Waals surface area contributed by atoms with Crippen LogP contribution in [-0.2, 0) is 17.4 Å². The first-order chi connectivity index (χ1) is 16.9. The number of alkyl halides is 6. The van der Waals surface area contributed by atoms with Crippen molar-refractivity contribution in [2.45, 2.75) is 44.5 Å². The standard InChI is InChI=1S/C18H17F3N8.C2HF3O2/c19-18(20,21)16-26-15(27-28-16)13-14(12-7-22-9-24-12)29-8-11(6-23-17(29)25-13)5-10-3-1-2-4-10;3-2(4,5)1(6)7/h6-10H,1-5H2,(H,22,24)(H,26,27,28);(H,6,7). The Morgan fingerprint density at radius 1 is 1.11 bits per heavy atom. The Kier molecular flexibility index (Phi) is 6.69. The summed E-state index contributed by atoms with van der Waals surface area (Å²) in [4.78, 5) is 28.3. The zero-order valence-corrected chi connectivity index (χ0v) is 18.2. The summed E-state index contributed by atoms with van der Waals surface area (Å²) in [6.45, 7) is 0. The van der Waals surface area contributed by atoms with Gasteiger partial charge in [0.1, 0.15) is 11.4 Å². The van der Waals surface area contributed by atoms with Crippen LogP contribution in [0.25, 0.3) is 28.7 Å². The van der Waals surface area contributed by atoms with E-state index < -0.39 is 24.1 Å². The van der Waals surface area contributed by atoms with E-state index in [0.717, 1.165) is 12.0 Å². The van der Waals surface area contributed by atoms with E-state index in [2.05, 4.69) is 30.0 Å². The van der Waals surface area contributed by atoms with Crippen molar-refractivity contribution in [3.8, 4) is 22.9 Å². The number of aliphatic carboxylic acids is 1. The molecule has 0 amide bonds. The molecule has 1 aliphatic carbocycles. The van der Waals surface area contributed by atoms with Gasteiger partial charge in [0.15, 0.2) is 0 Å². The zero-order valence-electron chi connectivity index (χ0n) is 18.2. The minimum atomic E-state index is -5.08. The molecular weight excluding hydrogens is 498 g/mol. The lowest BCUT2D eigenvalue weighted by atomic mass is 10.0. The Balaban J connectivity index is 0.000000384. The van der Waals surface area contributed by atoms with Crippen LogP contribution in [0.2, 0.25) is 0 Å². The fourth-order valence-electron chi connectivity index (χ4n) is 3.92. The monoisotopic (exact) mass is 516 g/mol. The van der Waals surface area contributed by atoms with Crippen molar-refractivity contribution in [1.82, 2.24) is 39.5 Å². The molecule has 4 heterocycles. The molecule has 4 aromatic heterocycles. The molecular formula is C20H18F6N8O2. The van der Waals surface area contributed by atoms with Gasteiger partial charge in [-0.1, -0.05) is 25.7 Å². The third-order valence-electron chi connectivity index (χ3n) is 5.49. The number of halogens is 6. The second-order valence-corrected chi connectivity index (χ2v) is 8.07. The maximum Gasteiger partial charge on any atom is 0.490 e. The number of hydrogen-bond acceptors (Lipinski definition) is 6. The summed E-state index contributed by atoms with van der Waals surface area (Å²) in [6, 6.07) is 0. The summed E-state index contributed by atoms with van der Waals surface area (Å²) in [5.41, 5.74) is 2.36. The summed E-state index contributed by atoms with van der Waals surface area (Å²) < 4.78 is 72.4. The minimum absolute atomic E-state index is 0.148. The maximum absolute atomic E-state index is 13.0. The third kappa shape index (κ3) is 5.46. The second kappa shape index (κ2) is 9.58.